The molecule has 4 nitrogen and oxygen atoms in total. The van der Waals surface area contributed by atoms with Gasteiger partial charge in [0.2, 0.25) is 6.10 Å². The molecule has 0 amide bonds. The topological polar surface area (TPSA) is 52.6 Å². The van der Waals surface area contributed by atoms with Crippen LogP contribution in [0.3, 0.4) is 0 Å². The standard InChI is InChI=1S/C18H16O4/c19-17-15(11-12-21-17)22-18(20)16(13-7-3-1-4-8-13)14-9-5-2-6-10-14/h1-10,15-16H,11-12H2/t15-/m1/s1. The van der Waals surface area contributed by atoms with Crippen LogP contribution in [0.4, 0.5) is 0 Å². The van der Waals surface area contributed by atoms with Crippen molar-refractivity contribution in [2.75, 3.05) is 6.61 Å². The van der Waals surface area contributed by atoms with Crippen LogP contribution in [0.1, 0.15) is 23.5 Å². The maximum Gasteiger partial charge on any atom is 0.347 e. The lowest BCUT2D eigenvalue weighted by atomic mass is 9.91. The lowest BCUT2D eigenvalue weighted by Gasteiger charge is -2.18. The first-order valence-corrected chi connectivity index (χ1v) is 7.23. The molecule has 0 aromatic heterocycles. The van der Waals surface area contributed by atoms with Gasteiger partial charge in [0.25, 0.3) is 0 Å². The fraction of sp³-hybridized carbons (Fsp3) is 0.222. The number of benzene rings is 2. The summed E-state index contributed by atoms with van der Waals surface area (Å²) >= 11 is 0. The number of hydrogen-bond acceptors (Lipinski definition) is 4. The highest BCUT2D eigenvalue weighted by Gasteiger charge is 2.33. The number of hydrogen-bond donors (Lipinski definition) is 0. The van der Waals surface area contributed by atoms with E-state index in [0.29, 0.717) is 13.0 Å². The molecule has 0 radical (unpaired) electrons. The summed E-state index contributed by atoms with van der Waals surface area (Å²) < 4.78 is 10.2. The van der Waals surface area contributed by atoms with E-state index in [-0.39, 0.29) is 0 Å². The molecule has 2 aromatic carbocycles. The van der Waals surface area contributed by atoms with E-state index in [1.165, 1.54) is 0 Å². The maximum atomic E-state index is 12.6. The van der Waals surface area contributed by atoms with Crippen LogP contribution in [0, 0.1) is 0 Å². The Labute approximate surface area is 128 Å². The van der Waals surface area contributed by atoms with Gasteiger partial charge in [0.05, 0.1) is 6.61 Å². The van der Waals surface area contributed by atoms with Gasteiger partial charge in [0.1, 0.15) is 5.92 Å². The molecule has 4 heteroatoms. The minimum absolute atomic E-state index is 0.304. The van der Waals surface area contributed by atoms with Crippen LogP contribution >= 0.6 is 0 Å². The van der Waals surface area contributed by atoms with Crippen LogP contribution in [-0.4, -0.2) is 24.6 Å². The number of esters is 2. The first kappa shape index (κ1) is 14.3. The molecule has 1 heterocycles. The maximum absolute atomic E-state index is 12.6. The van der Waals surface area contributed by atoms with Gasteiger partial charge in [-0.3, -0.25) is 4.79 Å². The van der Waals surface area contributed by atoms with Crippen LogP contribution in [0.15, 0.2) is 60.7 Å². The van der Waals surface area contributed by atoms with Crippen molar-refractivity contribution in [2.45, 2.75) is 18.4 Å². The summed E-state index contributed by atoms with van der Waals surface area (Å²) in [5, 5.41) is 0. The molecule has 3 rings (SSSR count). The normalized spacial score (nSPS) is 17.3. The Hall–Kier alpha value is -2.62. The van der Waals surface area contributed by atoms with E-state index in [2.05, 4.69) is 0 Å². The molecule has 1 saturated heterocycles. The molecule has 1 aliphatic rings. The highest BCUT2D eigenvalue weighted by atomic mass is 16.6. The van der Waals surface area contributed by atoms with E-state index in [9.17, 15) is 9.59 Å². The quantitative estimate of drug-likeness (QED) is 0.814. The van der Waals surface area contributed by atoms with E-state index in [1.807, 2.05) is 60.7 Å². The molecule has 1 aliphatic heterocycles. The first-order chi connectivity index (χ1) is 10.8. The molecule has 1 fully saturated rings. The molecule has 22 heavy (non-hydrogen) atoms. The Bertz CT molecular complexity index is 612. The van der Waals surface area contributed by atoms with Crippen LogP contribution in [0.2, 0.25) is 0 Å². The van der Waals surface area contributed by atoms with Gasteiger partial charge in [-0.1, -0.05) is 60.7 Å². The van der Waals surface area contributed by atoms with Crippen molar-refractivity contribution >= 4 is 11.9 Å². The third-order valence-electron chi connectivity index (χ3n) is 3.65. The molecular formula is C18H16O4. The van der Waals surface area contributed by atoms with E-state index in [1.54, 1.807) is 0 Å². The van der Waals surface area contributed by atoms with E-state index < -0.39 is 24.0 Å². The highest BCUT2D eigenvalue weighted by molar-refractivity contribution is 5.86. The van der Waals surface area contributed by atoms with Crippen molar-refractivity contribution in [1.29, 1.82) is 0 Å². The van der Waals surface area contributed by atoms with Gasteiger partial charge in [0, 0.05) is 6.42 Å². The van der Waals surface area contributed by atoms with E-state index >= 15 is 0 Å². The smallest absolute Gasteiger partial charge is 0.347 e. The Morgan fingerprint density at radius 2 is 1.55 bits per heavy atom. The van der Waals surface area contributed by atoms with Gasteiger partial charge in [-0.25, -0.2) is 4.79 Å². The van der Waals surface area contributed by atoms with Crippen molar-refractivity contribution in [1.82, 2.24) is 0 Å². The Kier molecular flexibility index (Phi) is 4.19. The molecule has 0 bridgehead atoms. The van der Waals surface area contributed by atoms with Crippen molar-refractivity contribution in [3.8, 4) is 0 Å². The summed E-state index contributed by atoms with van der Waals surface area (Å²) in [7, 11) is 0. The van der Waals surface area contributed by atoms with Crippen molar-refractivity contribution < 1.29 is 19.1 Å². The summed E-state index contributed by atoms with van der Waals surface area (Å²) in [6.07, 6.45) is -0.372. The van der Waals surface area contributed by atoms with Crippen molar-refractivity contribution in [3.05, 3.63) is 71.8 Å². The molecule has 112 valence electrons. The largest absolute Gasteiger partial charge is 0.463 e. The van der Waals surface area contributed by atoms with Gasteiger partial charge >= 0.3 is 11.9 Å². The van der Waals surface area contributed by atoms with Crippen LogP contribution in [0.25, 0.3) is 0 Å². The zero-order valence-corrected chi connectivity index (χ0v) is 12.0. The van der Waals surface area contributed by atoms with Crippen molar-refractivity contribution in [2.24, 2.45) is 0 Å². The third kappa shape index (κ3) is 3.01. The highest BCUT2D eigenvalue weighted by Crippen LogP contribution is 2.27. The van der Waals surface area contributed by atoms with Gasteiger partial charge in [0.15, 0.2) is 0 Å². The van der Waals surface area contributed by atoms with Crippen molar-refractivity contribution in [3.63, 3.8) is 0 Å². The van der Waals surface area contributed by atoms with E-state index in [0.717, 1.165) is 11.1 Å². The molecule has 2 aromatic rings. The fourth-order valence-electron chi connectivity index (χ4n) is 2.55. The molecule has 0 aliphatic carbocycles. The van der Waals surface area contributed by atoms with Crippen LogP contribution in [0.5, 0.6) is 0 Å². The minimum Gasteiger partial charge on any atom is -0.463 e. The summed E-state index contributed by atoms with van der Waals surface area (Å²) in [4.78, 5) is 24.1. The molecule has 0 unspecified atom stereocenters. The second-order valence-electron chi connectivity index (χ2n) is 5.14. The van der Waals surface area contributed by atoms with Gasteiger partial charge in [-0.15, -0.1) is 0 Å². The summed E-state index contributed by atoms with van der Waals surface area (Å²) in [5.74, 6) is -1.44. The predicted molar refractivity (Wildman–Crippen MR) is 80.2 cm³/mol. The second-order valence-corrected chi connectivity index (χ2v) is 5.14. The predicted octanol–water partition coefficient (Wildman–Crippen LogP) is 2.68. The summed E-state index contributed by atoms with van der Waals surface area (Å²) in [6, 6.07) is 18.8. The van der Waals surface area contributed by atoms with E-state index in [4.69, 9.17) is 9.47 Å². The number of rotatable bonds is 4. The average molecular weight is 296 g/mol. The minimum atomic E-state index is -0.789. The zero-order chi connectivity index (χ0) is 15.4. The second kappa shape index (κ2) is 6.43. The number of ether oxygens (including phenoxy) is 2. The molecular weight excluding hydrogens is 280 g/mol. The molecule has 0 saturated carbocycles. The number of cyclic esters (lactones) is 1. The number of carbonyl (C=O) groups excluding carboxylic acids is 2. The summed E-state index contributed by atoms with van der Waals surface area (Å²) in [6.45, 7) is 0.304. The molecule has 1 atom stereocenters. The molecule has 0 N–H and O–H groups in total. The lowest BCUT2D eigenvalue weighted by Crippen LogP contribution is -2.27. The van der Waals surface area contributed by atoms with Crippen LogP contribution < -0.4 is 0 Å². The SMILES string of the molecule is O=C(O[C@@H]1CCOC1=O)C(c1ccccc1)c1ccccc1. The van der Waals surface area contributed by atoms with Gasteiger partial charge in [-0.2, -0.15) is 0 Å². The Balaban J connectivity index is 1.88. The lowest BCUT2D eigenvalue weighted by molar-refractivity contribution is -0.160. The first-order valence-electron chi connectivity index (χ1n) is 7.23. The number of carbonyl (C=O) groups is 2. The Morgan fingerprint density at radius 1 is 1.00 bits per heavy atom. The summed E-state index contributed by atoms with van der Waals surface area (Å²) in [5.41, 5.74) is 1.68. The zero-order valence-electron chi connectivity index (χ0n) is 12.0. The third-order valence-corrected chi connectivity index (χ3v) is 3.65. The monoisotopic (exact) mass is 296 g/mol. The molecule has 0 spiro atoms. The fourth-order valence-corrected chi connectivity index (χ4v) is 2.55. The Morgan fingerprint density at radius 3 is 2.00 bits per heavy atom. The average Bonchev–Trinajstić information content (AvgIpc) is 2.95. The van der Waals surface area contributed by atoms with Gasteiger partial charge in [-0.05, 0) is 11.1 Å². The van der Waals surface area contributed by atoms with Crippen LogP contribution in [-0.2, 0) is 19.1 Å². The van der Waals surface area contributed by atoms with Gasteiger partial charge < -0.3 is 9.47 Å².